The predicted molar refractivity (Wildman–Crippen MR) is 41.0 cm³/mol. The number of esters is 1. The minimum atomic E-state index is 0.0223. The van der Waals surface area contributed by atoms with Gasteiger partial charge in [-0.1, -0.05) is 6.92 Å². The summed E-state index contributed by atoms with van der Waals surface area (Å²) < 4.78 is 5.17. The maximum atomic E-state index is 10.9. The third-order valence-electron chi connectivity index (χ3n) is 2.89. The second-order valence-electron chi connectivity index (χ2n) is 3.91. The Hall–Kier alpha value is -0.530. The summed E-state index contributed by atoms with van der Waals surface area (Å²) in [6, 6.07) is 0. The summed E-state index contributed by atoms with van der Waals surface area (Å²) in [7, 11) is 0. The average Bonchev–Trinajstić information content (AvgIpc) is 2.27. The Morgan fingerprint density at radius 3 is 3.09 bits per heavy atom. The monoisotopic (exact) mass is 154 g/mol. The van der Waals surface area contributed by atoms with Crippen LogP contribution in [0.25, 0.3) is 0 Å². The summed E-state index contributed by atoms with van der Waals surface area (Å²) >= 11 is 0. The van der Waals surface area contributed by atoms with Crippen LogP contribution < -0.4 is 0 Å². The summed E-state index contributed by atoms with van der Waals surface area (Å²) in [5.74, 6) is 1.37. The first kappa shape index (κ1) is 7.14. The van der Waals surface area contributed by atoms with Crippen LogP contribution in [0.2, 0.25) is 0 Å². The fourth-order valence-electron chi connectivity index (χ4n) is 2.27. The molecule has 1 aliphatic carbocycles. The van der Waals surface area contributed by atoms with E-state index in [1.165, 1.54) is 12.8 Å². The molecule has 1 saturated carbocycles. The van der Waals surface area contributed by atoms with Gasteiger partial charge in [0.2, 0.25) is 0 Å². The van der Waals surface area contributed by atoms with E-state index in [-0.39, 0.29) is 12.1 Å². The van der Waals surface area contributed by atoms with Gasteiger partial charge in [-0.05, 0) is 25.2 Å². The highest BCUT2D eigenvalue weighted by Crippen LogP contribution is 2.37. The first-order valence-electron chi connectivity index (χ1n) is 4.45. The van der Waals surface area contributed by atoms with Crippen LogP contribution in [0, 0.1) is 11.8 Å². The molecule has 1 heterocycles. The van der Waals surface area contributed by atoms with E-state index in [1.54, 1.807) is 0 Å². The second kappa shape index (κ2) is 2.50. The highest BCUT2D eigenvalue weighted by atomic mass is 16.5. The quantitative estimate of drug-likeness (QED) is 0.497. The molecular weight excluding hydrogens is 140 g/mol. The van der Waals surface area contributed by atoms with Gasteiger partial charge in [0.05, 0.1) is 6.42 Å². The lowest BCUT2D eigenvalue weighted by Crippen LogP contribution is -2.24. The minimum absolute atomic E-state index is 0.0223. The van der Waals surface area contributed by atoms with Crippen LogP contribution in [-0.4, -0.2) is 12.1 Å². The van der Waals surface area contributed by atoms with E-state index in [0.29, 0.717) is 12.3 Å². The molecule has 62 valence electrons. The molecule has 3 atom stereocenters. The molecule has 0 amide bonds. The molecule has 0 radical (unpaired) electrons. The van der Waals surface area contributed by atoms with Gasteiger partial charge in [-0.15, -0.1) is 0 Å². The van der Waals surface area contributed by atoms with Crippen molar-refractivity contribution >= 4 is 5.97 Å². The third-order valence-corrected chi connectivity index (χ3v) is 2.89. The number of fused-ring (bicyclic) bond motifs is 1. The third kappa shape index (κ3) is 1.26. The molecule has 2 nitrogen and oxygen atoms in total. The van der Waals surface area contributed by atoms with E-state index < -0.39 is 0 Å². The van der Waals surface area contributed by atoms with E-state index in [4.69, 9.17) is 4.74 Å². The van der Waals surface area contributed by atoms with E-state index in [1.807, 2.05) is 0 Å². The van der Waals surface area contributed by atoms with Crippen LogP contribution in [-0.2, 0) is 9.53 Å². The minimum Gasteiger partial charge on any atom is -0.462 e. The van der Waals surface area contributed by atoms with Gasteiger partial charge in [0.1, 0.15) is 6.10 Å². The van der Waals surface area contributed by atoms with Crippen molar-refractivity contribution in [1.29, 1.82) is 0 Å². The topological polar surface area (TPSA) is 26.3 Å². The van der Waals surface area contributed by atoms with Crippen molar-refractivity contribution in [1.82, 2.24) is 0 Å². The molecule has 1 aliphatic heterocycles. The van der Waals surface area contributed by atoms with Crippen LogP contribution in [0.15, 0.2) is 0 Å². The molecule has 2 aliphatic rings. The highest BCUT2D eigenvalue weighted by molar-refractivity contribution is 5.72. The van der Waals surface area contributed by atoms with Gasteiger partial charge < -0.3 is 4.74 Å². The number of rotatable bonds is 0. The van der Waals surface area contributed by atoms with Crippen LogP contribution in [0.3, 0.4) is 0 Å². The van der Waals surface area contributed by atoms with Crippen molar-refractivity contribution < 1.29 is 9.53 Å². The van der Waals surface area contributed by atoms with E-state index in [2.05, 4.69) is 6.92 Å². The molecule has 0 aromatic rings. The fraction of sp³-hybridized carbons (Fsp3) is 0.889. The molecule has 1 saturated heterocycles. The van der Waals surface area contributed by atoms with Crippen molar-refractivity contribution in [2.75, 3.05) is 0 Å². The van der Waals surface area contributed by atoms with Crippen LogP contribution in [0.1, 0.15) is 32.6 Å². The van der Waals surface area contributed by atoms with Gasteiger partial charge in [0.15, 0.2) is 0 Å². The molecule has 2 fully saturated rings. The van der Waals surface area contributed by atoms with Gasteiger partial charge in [-0.3, -0.25) is 4.79 Å². The van der Waals surface area contributed by atoms with Crippen molar-refractivity contribution in [3.63, 3.8) is 0 Å². The molecule has 0 N–H and O–H groups in total. The van der Waals surface area contributed by atoms with Crippen molar-refractivity contribution in [2.45, 2.75) is 38.7 Å². The van der Waals surface area contributed by atoms with Gasteiger partial charge in [-0.2, -0.15) is 0 Å². The summed E-state index contributed by atoms with van der Waals surface area (Å²) in [4.78, 5) is 10.9. The smallest absolute Gasteiger partial charge is 0.306 e. The first-order chi connectivity index (χ1) is 5.25. The molecule has 0 aromatic heterocycles. The van der Waals surface area contributed by atoms with Crippen molar-refractivity contribution in [3.8, 4) is 0 Å². The van der Waals surface area contributed by atoms with E-state index >= 15 is 0 Å². The molecule has 2 rings (SSSR count). The highest BCUT2D eigenvalue weighted by Gasteiger charge is 2.38. The molecule has 2 heteroatoms. The Bertz CT molecular complexity index is 176. The Balaban J connectivity index is 2.02. The van der Waals surface area contributed by atoms with Crippen molar-refractivity contribution in [2.24, 2.45) is 11.8 Å². The fourth-order valence-corrected chi connectivity index (χ4v) is 2.27. The number of hydrogen-bond acceptors (Lipinski definition) is 2. The van der Waals surface area contributed by atoms with Gasteiger partial charge in [0, 0.05) is 5.92 Å². The molecule has 0 aromatic carbocycles. The number of carbonyl (C=O) groups excluding carboxylic acids is 1. The summed E-state index contributed by atoms with van der Waals surface area (Å²) in [5, 5.41) is 0. The lowest BCUT2D eigenvalue weighted by molar-refractivity contribution is -0.142. The van der Waals surface area contributed by atoms with Crippen LogP contribution in [0.4, 0.5) is 0 Å². The Kier molecular flexibility index (Phi) is 1.63. The number of hydrogen-bond donors (Lipinski definition) is 0. The van der Waals surface area contributed by atoms with Gasteiger partial charge in [0.25, 0.3) is 0 Å². The molecule has 11 heavy (non-hydrogen) atoms. The second-order valence-corrected chi connectivity index (χ2v) is 3.91. The SMILES string of the molecule is C[C@@H]1CC[C@@H]2OC(=O)C[C@@H]2C1. The zero-order chi connectivity index (χ0) is 7.84. The lowest BCUT2D eigenvalue weighted by Gasteiger charge is -2.27. The maximum absolute atomic E-state index is 10.9. The van der Waals surface area contributed by atoms with Crippen LogP contribution in [0.5, 0.6) is 0 Å². The summed E-state index contributed by atoms with van der Waals surface area (Å²) in [6.45, 7) is 2.26. The normalized spacial score (nSPS) is 43.4. The van der Waals surface area contributed by atoms with Crippen LogP contribution >= 0.6 is 0 Å². The molecule has 0 unspecified atom stereocenters. The molecular formula is C9H14O2. The zero-order valence-corrected chi connectivity index (χ0v) is 6.88. The molecule has 0 spiro atoms. The standard InChI is InChI=1S/C9H14O2/c1-6-2-3-8-7(4-6)5-9(10)11-8/h6-8H,2-5H2,1H3/t6-,7+,8+/m1/s1. The van der Waals surface area contributed by atoms with Crippen molar-refractivity contribution in [3.05, 3.63) is 0 Å². The lowest BCUT2D eigenvalue weighted by atomic mass is 9.80. The summed E-state index contributed by atoms with van der Waals surface area (Å²) in [5.41, 5.74) is 0. The Morgan fingerprint density at radius 2 is 2.27 bits per heavy atom. The molecule has 0 bridgehead atoms. The Labute approximate surface area is 66.9 Å². The maximum Gasteiger partial charge on any atom is 0.306 e. The summed E-state index contributed by atoms with van der Waals surface area (Å²) in [6.07, 6.45) is 4.47. The predicted octanol–water partition coefficient (Wildman–Crippen LogP) is 1.74. The number of ether oxygens (including phenoxy) is 1. The van der Waals surface area contributed by atoms with Gasteiger partial charge in [-0.25, -0.2) is 0 Å². The van der Waals surface area contributed by atoms with E-state index in [0.717, 1.165) is 12.3 Å². The van der Waals surface area contributed by atoms with E-state index in [9.17, 15) is 4.79 Å². The average molecular weight is 154 g/mol. The zero-order valence-electron chi connectivity index (χ0n) is 6.88. The Morgan fingerprint density at radius 1 is 1.45 bits per heavy atom. The first-order valence-corrected chi connectivity index (χ1v) is 4.45. The van der Waals surface area contributed by atoms with Gasteiger partial charge >= 0.3 is 5.97 Å². The number of carbonyl (C=O) groups is 1. The largest absolute Gasteiger partial charge is 0.462 e.